The number of aromatic nitrogens is 2. The van der Waals surface area contributed by atoms with Crippen LogP contribution in [0.1, 0.15) is 11.3 Å². The first-order chi connectivity index (χ1) is 10.4. The molecule has 0 saturated heterocycles. The average Bonchev–Trinajstić information content (AvgIpc) is 2.54. The molecule has 0 saturated carbocycles. The van der Waals surface area contributed by atoms with Crippen LogP contribution in [-0.4, -0.2) is 16.5 Å². The van der Waals surface area contributed by atoms with Crippen molar-refractivity contribution < 1.29 is 4.74 Å². The van der Waals surface area contributed by atoms with Gasteiger partial charge in [0, 0.05) is 29.3 Å². The molecule has 0 aliphatic carbocycles. The number of benzene rings is 1. The molecule has 1 aromatic carbocycles. The van der Waals surface area contributed by atoms with E-state index < -0.39 is 0 Å². The van der Waals surface area contributed by atoms with E-state index in [1.165, 1.54) is 0 Å². The highest BCUT2D eigenvalue weighted by molar-refractivity contribution is 5.81. The fraction of sp³-hybridized carbons (Fsp3) is 0.176. The van der Waals surface area contributed by atoms with Crippen LogP contribution in [0.2, 0.25) is 0 Å². The van der Waals surface area contributed by atoms with Crippen molar-refractivity contribution >= 4 is 10.9 Å². The molecule has 106 valence electrons. The second-order valence-corrected chi connectivity index (χ2v) is 4.80. The SMILES string of the molecule is NCCc1ccc(OCc2cccc3cccnc23)cn1. The molecule has 2 N–H and O–H groups in total. The summed E-state index contributed by atoms with van der Waals surface area (Å²) in [6.45, 7) is 1.08. The van der Waals surface area contributed by atoms with Gasteiger partial charge >= 0.3 is 0 Å². The topological polar surface area (TPSA) is 61.0 Å². The van der Waals surface area contributed by atoms with Crippen LogP contribution in [0.3, 0.4) is 0 Å². The van der Waals surface area contributed by atoms with Gasteiger partial charge in [0.05, 0.1) is 11.7 Å². The standard InChI is InChI=1S/C17H17N3O/c18-9-8-15-6-7-16(11-20-15)21-12-14-4-1-3-13-5-2-10-19-17(13)14/h1-7,10-11H,8-9,12,18H2. The minimum absolute atomic E-state index is 0.478. The first-order valence-corrected chi connectivity index (χ1v) is 6.97. The Bertz CT molecular complexity index is 720. The molecule has 3 rings (SSSR count). The van der Waals surface area contributed by atoms with E-state index in [-0.39, 0.29) is 0 Å². The molecule has 4 heteroatoms. The van der Waals surface area contributed by atoms with Crippen molar-refractivity contribution in [1.82, 2.24) is 9.97 Å². The van der Waals surface area contributed by atoms with Crippen LogP contribution in [0.25, 0.3) is 10.9 Å². The number of rotatable bonds is 5. The predicted octanol–water partition coefficient (Wildman–Crippen LogP) is 2.71. The first kappa shape index (κ1) is 13.5. The van der Waals surface area contributed by atoms with Crippen LogP contribution < -0.4 is 10.5 Å². The van der Waals surface area contributed by atoms with Crippen molar-refractivity contribution in [2.24, 2.45) is 5.73 Å². The summed E-state index contributed by atoms with van der Waals surface area (Å²) in [5.41, 5.74) is 8.54. The molecule has 0 spiro atoms. The van der Waals surface area contributed by atoms with Gasteiger partial charge in [-0.05, 0) is 24.7 Å². The maximum atomic E-state index is 5.80. The van der Waals surface area contributed by atoms with Crippen molar-refractivity contribution in [2.75, 3.05) is 6.54 Å². The number of hydrogen-bond acceptors (Lipinski definition) is 4. The Kier molecular flexibility index (Phi) is 4.07. The molecule has 0 atom stereocenters. The molecule has 3 aromatic rings. The van der Waals surface area contributed by atoms with Gasteiger partial charge in [0.15, 0.2) is 0 Å². The highest BCUT2D eigenvalue weighted by atomic mass is 16.5. The zero-order chi connectivity index (χ0) is 14.5. The smallest absolute Gasteiger partial charge is 0.138 e. The van der Waals surface area contributed by atoms with Gasteiger partial charge in [-0.2, -0.15) is 0 Å². The molecular weight excluding hydrogens is 262 g/mol. The maximum absolute atomic E-state index is 5.80. The van der Waals surface area contributed by atoms with Gasteiger partial charge in [0.2, 0.25) is 0 Å². The van der Waals surface area contributed by atoms with Crippen molar-refractivity contribution in [3.05, 3.63) is 66.1 Å². The summed E-state index contributed by atoms with van der Waals surface area (Å²) in [6.07, 6.45) is 4.33. The predicted molar refractivity (Wildman–Crippen MR) is 83.1 cm³/mol. The number of ether oxygens (including phenoxy) is 1. The van der Waals surface area contributed by atoms with Gasteiger partial charge < -0.3 is 10.5 Å². The summed E-state index contributed by atoms with van der Waals surface area (Å²) in [5.74, 6) is 0.753. The Morgan fingerprint density at radius 3 is 2.71 bits per heavy atom. The zero-order valence-corrected chi connectivity index (χ0v) is 11.7. The lowest BCUT2D eigenvalue weighted by Gasteiger charge is -2.08. The lowest BCUT2D eigenvalue weighted by atomic mass is 10.1. The van der Waals surface area contributed by atoms with E-state index >= 15 is 0 Å². The lowest BCUT2D eigenvalue weighted by Crippen LogP contribution is -2.04. The normalized spacial score (nSPS) is 10.7. The molecule has 0 aliphatic rings. The summed E-state index contributed by atoms with van der Waals surface area (Å²) >= 11 is 0. The molecule has 2 aromatic heterocycles. The Labute approximate surface area is 123 Å². The number of para-hydroxylation sites is 1. The summed E-state index contributed by atoms with van der Waals surface area (Å²) in [7, 11) is 0. The molecule has 0 bridgehead atoms. The highest BCUT2D eigenvalue weighted by Gasteiger charge is 2.03. The van der Waals surface area contributed by atoms with Crippen LogP contribution in [0, 0.1) is 0 Å². The largest absolute Gasteiger partial charge is 0.487 e. The summed E-state index contributed by atoms with van der Waals surface area (Å²) in [5, 5.41) is 1.12. The Morgan fingerprint density at radius 1 is 1.00 bits per heavy atom. The number of nitrogens with two attached hydrogens (primary N) is 1. The quantitative estimate of drug-likeness (QED) is 0.780. The second kappa shape index (κ2) is 6.33. The average molecular weight is 279 g/mol. The minimum atomic E-state index is 0.478. The fourth-order valence-electron chi connectivity index (χ4n) is 2.24. The molecule has 21 heavy (non-hydrogen) atoms. The third-order valence-corrected chi connectivity index (χ3v) is 3.31. The molecule has 0 radical (unpaired) electrons. The summed E-state index contributed by atoms with van der Waals surface area (Å²) < 4.78 is 5.80. The monoisotopic (exact) mass is 279 g/mol. The number of fused-ring (bicyclic) bond motifs is 1. The zero-order valence-electron chi connectivity index (χ0n) is 11.7. The Balaban J connectivity index is 1.74. The third-order valence-electron chi connectivity index (χ3n) is 3.31. The van der Waals surface area contributed by atoms with Gasteiger partial charge in [-0.1, -0.05) is 24.3 Å². The van der Waals surface area contributed by atoms with E-state index in [0.29, 0.717) is 13.2 Å². The van der Waals surface area contributed by atoms with Gasteiger partial charge in [0.1, 0.15) is 12.4 Å². The van der Waals surface area contributed by atoms with Crippen LogP contribution in [0.15, 0.2) is 54.9 Å². The van der Waals surface area contributed by atoms with Crippen molar-refractivity contribution in [3.63, 3.8) is 0 Å². The van der Waals surface area contributed by atoms with Gasteiger partial charge in [-0.25, -0.2) is 0 Å². The maximum Gasteiger partial charge on any atom is 0.138 e. The summed E-state index contributed by atoms with van der Waals surface area (Å²) in [6, 6.07) is 14.0. The number of hydrogen-bond donors (Lipinski definition) is 1. The van der Waals surface area contributed by atoms with E-state index in [0.717, 1.165) is 34.3 Å². The van der Waals surface area contributed by atoms with Crippen molar-refractivity contribution in [3.8, 4) is 5.75 Å². The van der Waals surface area contributed by atoms with Gasteiger partial charge in [-0.3, -0.25) is 9.97 Å². The number of pyridine rings is 2. The molecule has 0 unspecified atom stereocenters. The van der Waals surface area contributed by atoms with Crippen LogP contribution in [0.5, 0.6) is 5.75 Å². The van der Waals surface area contributed by atoms with Crippen molar-refractivity contribution in [2.45, 2.75) is 13.0 Å². The second-order valence-electron chi connectivity index (χ2n) is 4.80. The molecular formula is C17H17N3O. The van der Waals surface area contributed by atoms with E-state index in [1.807, 2.05) is 30.3 Å². The molecule has 0 fully saturated rings. The van der Waals surface area contributed by atoms with Gasteiger partial charge in [-0.15, -0.1) is 0 Å². The first-order valence-electron chi connectivity index (χ1n) is 6.97. The molecule has 4 nitrogen and oxygen atoms in total. The van der Waals surface area contributed by atoms with Crippen LogP contribution in [-0.2, 0) is 13.0 Å². The van der Waals surface area contributed by atoms with Crippen LogP contribution in [0.4, 0.5) is 0 Å². The van der Waals surface area contributed by atoms with Crippen LogP contribution >= 0.6 is 0 Å². The fourth-order valence-corrected chi connectivity index (χ4v) is 2.24. The lowest BCUT2D eigenvalue weighted by molar-refractivity contribution is 0.306. The third kappa shape index (κ3) is 3.17. The molecule has 2 heterocycles. The van der Waals surface area contributed by atoms with E-state index in [9.17, 15) is 0 Å². The number of nitrogens with zero attached hydrogens (tertiary/aromatic N) is 2. The van der Waals surface area contributed by atoms with Gasteiger partial charge in [0.25, 0.3) is 0 Å². The summed E-state index contributed by atoms with van der Waals surface area (Å²) in [4.78, 5) is 8.74. The van der Waals surface area contributed by atoms with E-state index in [1.54, 1.807) is 12.4 Å². The highest BCUT2D eigenvalue weighted by Crippen LogP contribution is 2.18. The van der Waals surface area contributed by atoms with E-state index in [2.05, 4.69) is 22.1 Å². The Morgan fingerprint density at radius 2 is 1.90 bits per heavy atom. The minimum Gasteiger partial charge on any atom is -0.487 e. The van der Waals surface area contributed by atoms with Crippen molar-refractivity contribution in [1.29, 1.82) is 0 Å². The molecule has 0 aliphatic heterocycles. The molecule has 0 amide bonds. The van der Waals surface area contributed by atoms with E-state index in [4.69, 9.17) is 10.5 Å². The Hall–Kier alpha value is -2.46.